The first-order chi connectivity index (χ1) is 5.41. The number of allylic oxidation sites excluding steroid dienone is 3. The minimum Gasteiger partial charge on any atom is -0.378 e. The van der Waals surface area contributed by atoms with E-state index in [1.807, 2.05) is 13.8 Å². The molecule has 64 valence electrons. The van der Waals surface area contributed by atoms with Gasteiger partial charge in [0.2, 0.25) is 0 Å². The Morgan fingerprint density at radius 3 is 2.45 bits per heavy atom. The van der Waals surface area contributed by atoms with E-state index in [-0.39, 0.29) is 0 Å². The van der Waals surface area contributed by atoms with E-state index in [2.05, 4.69) is 24.3 Å². The van der Waals surface area contributed by atoms with Gasteiger partial charge in [-0.15, -0.1) is 0 Å². The lowest BCUT2D eigenvalue weighted by Crippen LogP contribution is -1.87. The minimum absolute atomic E-state index is 0.756. The van der Waals surface area contributed by atoms with E-state index in [1.165, 1.54) is 0 Å². The maximum absolute atomic E-state index is 5.14. The number of ether oxygens (including phenoxy) is 1. The van der Waals surface area contributed by atoms with E-state index < -0.39 is 0 Å². The molecule has 1 heteroatoms. The van der Waals surface area contributed by atoms with Crippen molar-refractivity contribution in [2.75, 3.05) is 13.2 Å². The summed E-state index contributed by atoms with van der Waals surface area (Å²) in [6.07, 6.45) is 10.8. The Labute approximate surface area is 69.8 Å². The molecule has 0 amide bonds. The van der Waals surface area contributed by atoms with Crippen molar-refractivity contribution in [1.29, 1.82) is 0 Å². The molecule has 0 heterocycles. The third kappa shape index (κ3) is 9.44. The van der Waals surface area contributed by atoms with Crippen LogP contribution in [0.15, 0.2) is 24.3 Å². The quantitative estimate of drug-likeness (QED) is 0.422. The van der Waals surface area contributed by atoms with Crippen molar-refractivity contribution in [2.24, 2.45) is 0 Å². The maximum Gasteiger partial charge on any atom is 0.0647 e. The first-order valence-corrected chi connectivity index (χ1v) is 4.25. The number of hydrogen-bond donors (Lipinski definition) is 0. The van der Waals surface area contributed by atoms with Crippen LogP contribution >= 0.6 is 0 Å². The highest BCUT2D eigenvalue weighted by Gasteiger charge is 1.76. The zero-order chi connectivity index (χ0) is 8.36. The molecule has 0 aromatic rings. The van der Waals surface area contributed by atoms with E-state index in [1.54, 1.807) is 0 Å². The average molecular weight is 154 g/mol. The van der Waals surface area contributed by atoms with E-state index in [0.717, 1.165) is 26.1 Å². The normalized spacial score (nSPS) is 11.8. The van der Waals surface area contributed by atoms with Crippen LogP contribution in [-0.4, -0.2) is 13.2 Å². The third-order valence-electron chi connectivity index (χ3n) is 1.32. The summed E-state index contributed by atoms with van der Waals surface area (Å²) >= 11 is 0. The lowest BCUT2D eigenvalue weighted by molar-refractivity contribution is 0.177. The first-order valence-electron chi connectivity index (χ1n) is 4.25. The summed E-state index contributed by atoms with van der Waals surface area (Å²) in [6, 6.07) is 0. The standard InChI is InChI=1S/C10H18O/c1-3-5-6-7-8-9-10-11-4-2/h3,5,8-9H,4,6-7,10H2,1-2H3/b5-3+,9-8+. The molecule has 0 unspecified atom stereocenters. The fraction of sp³-hybridized carbons (Fsp3) is 0.600. The van der Waals surface area contributed by atoms with Crippen molar-refractivity contribution < 1.29 is 4.74 Å². The van der Waals surface area contributed by atoms with E-state index in [4.69, 9.17) is 4.74 Å². The van der Waals surface area contributed by atoms with Gasteiger partial charge in [0.1, 0.15) is 0 Å². The van der Waals surface area contributed by atoms with Gasteiger partial charge in [-0.05, 0) is 26.7 Å². The second-order valence-corrected chi connectivity index (χ2v) is 2.28. The van der Waals surface area contributed by atoms with Crippen LogP contribution < -0.4 is 0 Å². The van der Waals surface area contributed by atoms with E-state index >= 15 is 0 Å². The Bertz CT molecular complexity index is 114. The molecule has 0 rings (SSSR count). The Hall–Kier alpha value is -0.560. The highest BCUT2D eigenvalue weighted by molar-refractivity contribution is 4.86. The van der Waals surface area contributed by atoms with Gasteiger partial charge in [0.05, 0.1) is 6.61 Å². The molecular weight excluding hydrogens is 136 g/mol. The van der Waals surface area contributed by atoms with Crippen LogP contribution in [0.5, 0.6) is 0 Å². The molecule has 0 radical (unpaired) electrons. The summed E-state index contributed by atoms with van der Waals surface area (Å²) < 4.78 is 5.14. The van der Waals surface area contributed by atoms with Crippen LogP contribution in [-0.2, 0) is 4.74 Å². The van der Waals surface area contributed by atoms with Gasteiger partial charge in [-0.3, -0.25) is 0 Å². The van der Waals surface area contributed by atoms with Crippen LogP contribution in [0.25, 0.3) is 0 Å². The van der Waals surface area contributed by atoms with E-state index in [9.17, 15) is 0 Å². The fourth-order valence-electron chi connectivity index (χ4n) is 0.731. The van der Waals surface area contributed by atoms with Crippen LogP contribution in [0.1, 0.15) is 26.7 Å². The number of unbranched alkanes of at least 4 members (excludes halogenated alkanes) is 1. The predicted molar refractivity (Wildman–Crippen MR) is 49.7 cm³/mol. The largest absolute Gasteiger partial charge is 0.378 e. The van der Waals surface area contributed by atoms with Gasteiger partial charge in [-0.25, -0.2) is 0 Å². The van der Waals surface area contributed by atoms with Crippen molar-refractivity contribution in [1.82, 2.24) is 0 Å². The maximum atomic E-state index is 5.14. The highest BCUT2D eigenvalue weighted by Crippen LogP contribution is 1.92. The molecule has 0 aliphatic carbocycles. The predicted octanol–water partition coefficient (Wildman–Crippen LogP) is 2.94. The van der Waals surface area contributed by atoms with Crippen molar-refractivity contribution in [3.05, 3.63) is 24.3 Å². The molecular formula is C10H18O. The Morgan fingerprint density at radius 1 is 1.09 bits per heavy atom. The highest BCUT2D eigenvalue weighted by atomic mass is 16.5. The molecule has 0 spiro atoms. The van der Waals surface area contributed by atoms with Crippen molar-refractivity contribution >= 4 is 0 Å². The van der Waals surface area contributed by atoms with Crippen LogP contribution in [0, 0.1) is 0 Å². The second kappa shape index (κ2) is 9.44. The molecule has 0 aliphatic heterocycles. The summed E-state index contributed by atoms with van der Waals surface area (Å²) in [7, 11) is 0. The second-order valence-electron chi connectivity index (χ2n) is 2.28. The zero-order valence-corrected chi connectivity index (χ0v) is 7.55. The number of hydrogen-bond acceptors (Lipinski definition) is 1. The summed E-state index contributed by atoms with van der Waals surface area (Å²) in [5.41, 5.74) is 0. The van der Waals surface area contributed by atoms with E-state index in [0.29, 0.717) is 0 Å². The Kier molecular flexibility index (Phi) is 8.96. The number of rotatable bonds is 6. The Morgan fingerprint density at radius 2 is 1.82 bits per heavy atom. The SMILES string of the molecule is C/C=C/CC/C=C/COCC. The molecule has 0 aromatic carbocycles. The van der Waals surface area contributed by atoms with Crippen LogP contribution in [0.3, 0.4) is 0 Å². The van der Waals surface area contributed by atoms with Gasteiger partial charge in [-0.1, -0.05) is 24.3 Å². The van der Waals surface area contributed by atoms with Gasteiger partial charge in [0, 0.05) is 6.61 Å². The van der Waals surface area contributed by atoms with Gasteiger partial charge >= 0.3 is 0 Å². The summed E-state index contributed by atoms with van der Waals surface area (Å²) in [6.45, 7) is 5.61. The first kappa shape index (κ1) is 10.4. The topological polar surface area (TPSA) is 9.23 Å². The molecule has 0 fully saturated rings. The van der Waals surface area contributed by atoms with Gasteiger partial charge in [-0.2, -0.15) is 0 Å². The molecule has 11 heavy (non-hydrogen) atoms. The third-order valence-corrected chi connectivity index (χ3v) is 1.32. The fourth-order valence-corrected chi connectivity index (χ4v) is 0.731. The molecule has 0 N–H and O–H groups in total. The molecule has 0 aromatic heterocycles. The van der Waals surface area contributed by atoms with Crippen molar-refractivity contribution in [2.45, 2.75) is 26.7 Å². The molecule has 0 aliphatic rings. The summed E-state index contributed by atoms with van der Waals surface area (Å²) in [4.78, 5) is 0. The molecule has 0 saturated carbocycles. The monoisotopic (exact) mass is 154 g/mol. The molecule has 1 nitrogen and oxygen atoms in total. The Balaban J connectivity index is 3.03. The van der Waals surface area contributed by atoms with Crippen molar-refractivity contribution in [3.63, 3.8) is 0 Å². The van der Waals surface area contributed by atoms with Gasteiger partial charge in [0.25, 0.3) is 0 Å². The summed E-state index contributed by atoms with van der Waals surface area (Å²) in [5, 5.41) is 0. The lowest BCUT2D eigenvalue weighted by atomic mass is 10.3. The van der Waals surface area contributed by atoms with Crippen LogP contribution in [0.4, 0.5) is 0 Å². The van der Waals surface area contributed by atoms with Gasteiger partial charge in [0.15, 0.2) is 0 Å². The summed E-state index contributed by atoms with van der Waals surface area (Å²) in [5.74, 6) is 0. The molecule has 0 bridgehead atoms. The zero-order valence-electron chi connectivity index (χ0n) is 7.55. The molecule has 0 atom stereocenters. The van der Waals surface area contributed by atoms with Crippen molar-refractivity contribution in [3.8, 4) is 0 Å². The molecule has 0 saturated heterocycles. The lowest BCUT2D eigenvalue weighted by Gasteiger charge is -1.91. The van der Waals surface area contributed by atoms with Gasteiger partial charge < -0.3 is 4.74 Å². The minimum atomic E-state index is 0.756. The smallest absolute Gasteiger partial charge is 0.0647 e. The average Bonchev–Trinajstić information content (AvgIpc) is 2.03. The van der Waals surface area contributed by atoms with Crippen LogP contribution in [0.2, 0.25) is 0 Å².